The fourth-order valence-corrected chi connectivity index (χ4v) is 2.47. The van der Waals surface area contributed by atoms with Crippen LogP contribution in [0.15, 0.2) is 73.1 Å². The van der Waals surface area contributed by atoms with Crippen molar-refractivity contribution in [1.82, 2.24) is 4.98 Å². The monoisotopic (exact) mass is 434 g/mol. The summed E-state index contributed by atoms with van der Waals surface area (Å²) in [6.45, 7) is 0.507. The Kier molecular flexibility index (Phi) is 10.8. The van der Waals surface area contributed by atoms with E-state index in [0.29, 0.717) is 17.8 Å². The number of hydrogen-bond acceptors (Lipinski definition) is 4. The second-order valence-corrected chi connectivity index (χ2v) is 5.78. The number of nitrogens with zero attached hydrogens (tertiary/aromatic N) is 2. The van der Waals surface area contributed by atoms with Gasteiger partial charge in [0.15, 0.2) is 0 Å². The molecule has 3 rings (SSSR count). The van der Waals surface area contributed by atoms with E-state index >= 15 is 0 Å². The molecule has 2 N–H and O–H groups in total. The van der Waals surface area contributed by atoms with Crippen LogP contribution in [0, 0.1) is 11.2 Å². The number of carbonyl (C=O) groups is 1. The number of hydrogen-bond donors (Lipinski definition) is 2. The van der Waals surface area contributed by atoms with Crippen LogP contribution in [0.3, 0.4) is 0 Å². The van der Waals surface area contributed by atoms with Gasteiger partial charge in [-0.05, 0) is 54.1 Å². The van der Waals surface area contributed by atoms with Crippen molar-refractivity contribution in [2.75, 3.05) is 10.6 Å². The van der Waals surface area contributed by atoms with Gasteiger partial charge in [-0.1, -0.05) is 12.1 Å². The number of carbonyl (C=O) groups excluding carboxylic acids is 1. The maximum atomic E-state index is 12.6. The van der Waals surface area contributed by atoms with Crippen LogP contribution in [-0.2, 0) is 12.7 Å². The predicted molar refractivity (Wildman–Crippen MR) is 113 cm³/mol. The maximum absolute atomic E-state index is 12.6. The Labute approximate surface area is 201 Å². The van der Waals surface area contributed by atoms with Crippen LogP contribution in [0.4, 0.5) is 24.5 Å². The van der Waals surface area contributed by atoms with Crippen molar-refractivity contribution < 1.29 is 47.5 Å². The largest absolute Gasteiger partial charge is 1.00 e. The number of alkyl halides is 3. The average molecular weight is 434 g/mol. The first-order valence-corrected chi connectivity index (χ1v) is 8.36. The molecule has 0 fully saturated rings. The molecule has 2 aromatic carbocycles. The number of nitriles is 1. The van der Waals surface area contributed by atoms with E-state index in [4.69, 9.17) is 5.26 Å². The summed E-state index contributed by atoms with van der Waals surface area (Å²) >= 11 is 0. The molecule has 0 radical (unpaired) electrons. The van der Waals surface area contributed by atoms with Crippen molar-refractivity contribution in [2.45, 2.75) is 12.7 Å². The first-order chi connectivity index (χ1) is 14.3. The Morgan fingerprint density at radius 2 is 1.61 bits per heavy atom. The van der Waals surface area contributed by atoms with E-state index in [-0.39, 0.29) is 43.1 Å². The number of halogens is 3. The summed E-state index contributed by atoms with van der Waals surface area (Å²) in [5, 5.41) is 13.2. The molecule has 0 saturated heterocycles. The Hall–Kier alpha value is -2.80. The first kappa shape index (κ1) is 26.2. The zero-order valence-electron chi connectivity index (χ0n) is 16.1. The van der Waals surface area contributed by atoms with E-state index in [2.05, 4.69) is 15.6 Å². The normalized spacial score (nSPS) is 9.90. The topological polar surface area (TPSA) is 77.8 Å². The SMILES string of the molecule is O=C(Nc1ccc(C(F)(F)F)cc1)c1ccccc1NCc1ccncc1.[BH3-]C#N.[Na+]. The zero-order valence-corrected chi connectivity index (χ0v) is 18.1. The van der Waals surface area contributed by atoms with E-state index in [9.17, 15) is 18.0 Å². The van der Waals surface area contributed by atoms with E-state index < -0.39 is 17.6 Å². The summed E-state index contributed by atoms with van der Waals surface area (Å²) in [6.07, 6.45) is -1.05. The molecular weight excluding hydrogens is 415 g/mol. The van der Waals surface area contributed by atoms with Gasteiger partial charge in [0, 0.05) is 30.3 Å². The minimum absolute atomic E-state index is 0. The molecule has 0 aliphatic heterocycles. The molecule has 31 heavy (non-hydrogen) atoms. The van der Waals surface area contributed by atoms with Gasteiger partial charge in [0.25, 0.3) is 5.91 Å². The van der Waals surface area contributed by atoms with E-state index in [1.54, 1.807) is 36.7 Å². The van der Waals surface area contributed by atoms with E-state index in [1.807, 2.05) is 18.1 Å². The number of benzene rings is 2. The Morgan fingerprint density at radius 3 is 2.19 bits per heavy atom. The smallest absolute Gasteiger partial charge is 0.380 e. The maximum Gasteiger partial charge on any atom is 1.00 e. The standard InChI is InChI=1S/C20H16F3N3O.CH3BN.Na/c21-20(22,23)15-5-7-16(8-6-15)26-19(27)17-3-1-2-4-18(17)25-13-14-9-11-24-12-10-14;2-1-3;/h1-12,25H,13H2,(H,26,27);2H3;/q;-1;+1. The van der Waals surface area contributed by atoms with Crippen molar-refractivity contribution in [2.24, 2.45) is 0 Å². The molecule has 10 heteroatoms. The summed E-state index contributed by atoms with van der Waals surface area (Å²) in [7, 11) is 0.0694. The molecule has 3 aromatic rings. The van der Waals surface area contributed by atoms with Gasteiger partial charge in [-0.25, -0.2) is 0 Å². The van der Waals surface area contributed by atoms with Gasteiger partial charge < -0.3 is 10.6 Å². The van der Waals surface area contributed by atoms with Crippen LogP contribution in [0.25, 0.3) is 0 Å². The number of anilines is 2. The van der Waals surface area contributed by atoms with E-state index in [0.717, 1.165) is 17.7 Å². The van der Waals surface area contributed by atoms with Gasteiger partial charge in [0.05, 0.1) is 19.0 Å². The molecule has 0 spiro atoms. The minimum Gasteiger partial charge on any atom is -0.380 e. The van der Waals surface area contributed by atoms with Gasteiger partial charge in [-0.3, -0.25) is 15.0 Å². The van der Waals surface area contributed by atoms with Gasteiger partial charge >= 0.3 is 35.7 Å². The molecule has 0 atom stereocenters. The molecular formula is C21H19BF3N4NaO. The summed E-state index contributed by atoms with van der Waals surface area (Å²) in [5.74, 6) is 1.59. The summed E-state index contributed by atoms with van der Waals surface area (Å²) in [5.41, 5.74) is 1.55. The third-order valence-corrected chi connectivity index (χ3v) is 3.87. The number of para-hydroxylation sites is 1. The van der Waals surface area contributed by atoms with Gasteiger partial charge in [-0.2, -0.15) is 19.1 Å². The molecule has 0 unspecified atom stereocenters. The molecule has 1 amide bonds. The van der Waals surface area contributed by atoms with Gasteiger partial charge in [0.2, 0.25) is 0 Å². The quantitative estimate of drug-likeness (QED) is 0.583. The van der Waals surface area contributed by atoms with Crippen molar-refractivity contribution in [3.63, 3.8) is 0 Å². The minimum atomic E-state index is -4.41. The molecule has 1 aromatic heterocycles. The average Bonchev–Trinajstić information content (AvgIpc) is 2.73. The third kappa shape index (κ3) is 8.46. The zero-order chi connectivity index (χ0) is 22.0. The first-order valence-electron chi connectivity index (χ1n) is 8.36. The van der Waals surface area contributed by atoms with Crippen LogP contribution in [0.2, 0.25) is 0 Å². The van der Waals surface area contributed by atoms with Gasteiger partial charge in [-0.15, -0.1) is 0 Å². The summed E-state index contributed by atoms with van der Waals surface area (Å²) in [6, 6.07) is 15.0. The van der Waals surface area contributed by atoms with Crippen LogP contribution < -0.4 is 40.2 Å². The summed E-state index contributed by atoms with van der Waals surface area (Å²) < 4.78 is 37.9. The molecule has 0 saturated carbocycles. The van der Waals surface area contributed by atoms with Crippen molar-refractivity contribution in [3.8, 4) is 5.97 Å². The van der Waals surface area contributed by atoms with Crippen LogP contribution >= 0.6 is 0 Å². The van der Waals surface area contributed by atoms with Crippen LogP contribution in [0.1, 0.15) is 21.5 Å². The van der Waals surface area contributed by atoms with Crippen molar-refractivity contribution in [1.29, 1.82) is 5.26 Å². The molecule has 0 aliphatic carbocycles. The fourth-order valence-electron chi connectivity index (χ4n) is 2.47. The second kappa shape index (κ2) is 12.8. The predicted octanol–water partition coefficient (Wildman–Crippen LogP) is 0.802. The van der Waals surface area contributed by atoms with E-state index in [1.165, 1.54) is 12.1 Å². The molecule has 0 aliphatic rings. The Morgan fingerprint density at radius 1 is 1.03 bits per heavy atom. The van der Waals surface area contributed by atoms with Crippen molar-refractivity contribution in [3.05, 3.63) is 89.7 Å². The number of amides is 1. The second-order valence-electron chi connectivity index (χ2n) is 5.78. The molecule has 5 nitrogen and oxygen atoms in total. The number of pyridine rings is 1. The Bertz CT molecular complexity index is 1010. The van der Waals surface area contributed by atoms with Gasteiger partial charge in [0.1, 0.15) is 0 Å². The van der Waals surface area contributed by atoms with Crippen LogP contribution in [0.5, 0.6) is 0 Å². The molecule has 1 heterocycles. The third-order valence-electron chi connectivity index (χ3n) is 3.87. The summed E-state index contributed by atoms with van der Waals surface area (Å²) in [4.78, 5) is 16.5. The number of aromatic nitrogens is 1. The van der Waals surface area contributed by atoms with Crippen molar-refractivity contribution >= 4 is 25.1 Å². The number of nitrogens with one attached hydrogen (secondary N) is 2. The molecule has 154 valence electrons. The Balaban J connectivity index is 0.00000113. The fraction of sp³-hybridized carbons (Fsp3) is 0.0952. The number of rotatable bonds is 5. The van der Waals surface area contributed by atoms with Crippen LogP contribution in [-0.4, -0.2) is 18.7 Å². The molecule has 0 bridgehead atoms.